The first-order chi connectivity index (χ1) is 9.76. The average Bonchev–Trinajstić information content (AvgIpc) is 2.53. The molecule has 1 aromatic carbocycles. The van der Waals surface area contributed by atoms with Gasteiger partial charge in [-0.2, -0.15) is 10.5 Å². The van der Waals surface area contributed by atoms with Crippen LogP contribution in [0.4, 0.5) is 11.6 Å². The number of hydrazine groups is 2. The van der Waals surface area contributed by atoms with Crippen LogP contribution in [-0.2, 0) is 0 Å². The molecule has 2 aromatic rings. The highest BCUT2D eigenvalue weighted by atomic mass is 15.3. The Morgan fingerprint density at radius 2 is 1.40 bits per heavy atom. The summed E-state index contributed by atoms with van der Waals surface area (Å²) < 4.78 is 0. The van der Waals surface area contributed by atoms with E-state index in [0.717, 1.165) is 0 Å². The molecule has 0 aliphatic carbocycles. The van der Waals surface area contributed by atoms with E-state index in [4.69, 9.17) is 11.7 Å². The maximum absolute atomic E-state index is 9.33. The van der Waals surface area contributed by atoms with Gasteiger partial charge in [0.1, 0.15) is 23.3 Å². The number of nitrogens with one attached hydrogen (secondary N) is 2. The molecule has 0 radical (unpaired) electrons. The number of hydrogen-bond donors (Lipinski definition) is 4. The molecule has 0 aliphatic heterocycles. The Balaban J connectivity index is 2.89. The third kappa shape index (κ3) is 2.10. The second-order valence-electron chi connectivity index (χ2n) is 3.81. The Kier molecular flexibility index (Phi) is 3.77. The second kappa shape index (κ2) is 5.67. The van der Waals surface area contributed by atoms with Gasteiger partial charge in [-0.15, -0.1) is 0 Å². The number of nitrogens with two attached hydrogens (primary N) is 2. The smallest absolute Gasteiger partial charge is 0.161 e. The van der Waals surface area contributed by atoms with Gasteiger partial charge in [0, 0.05) is 5.56 Å². The molecule has 98 valence electrons. The number of aromatic nitrogens is 1. The van der Waals surface area contributed by atoms with Crippen molar-refractivity contribution in [1.29, 1.82) is 10.5 Å². The normalized spacial score (nSPS) is 9.40. The summed E-state index contributed by atoms with van der Waals surface area (Å²) in [6.45, 7) is 0. The number of benzene rings is 1. The van der Waals surface area contributed by atoms with Crippen LogP contribution in [0.5, 0.6) is 0 Å². The van der Waals surface area contributed by atoms with Gasteiger partial charge in [-0.1, -0.05) is 30.3 Å². The van der Waals surface area contributed by atoms with Crippen LogP contribution in [0.15, 0.2) is 30.3 Å². The van der Waals surface area contributed by atoms with Crippen molar-refractivity contribution in [2.45, 2.75) is 0 Å². The molecule has 6 N–H and O–H groups in total. The number of nitrogens with zero attached hydrogens (tertiary/aromatic N) is 3. The molecule has 2 rings (SSSR count). The van der Waals surface area contributed by atoms with E-state index in [-0.39, 0.29) is 22.8 Å². The van der Waals surface area contributed by atoms with Crippen LogP contribution in [0.1, 0.15) is 11.1 Å². The van der Waals surface area contributed by atoms with E-state index in [2.05, 4.69) is 15.8 Å². The van der Waals surface area contributed by atoms with E-state index in [0.29, 0.717) is 11.1 Å². The second-order valence-corrected chi connectivity index (χ2v) is 3.81. The van der Waals surface area contributed by atoms with Crippen LogP contribution in [-0.4, -0.2) is 4.98 Å². The van der Waals surface area contributed by atoms with Crippen LogP contribution in [0, 0.1) is 22.7 Å². The van der Waals surface area contributed by atoms with E-state index in [9.17, 15) is 10.5 Å². The minimum Gasteiger partial charge on any atom is -0.307 e. The van der Waals surface area contributed by atoms with E-state index in [1.165, 1.54) is 0 Å². The van der Waals surface area contributed by atoms with Gasteiger partial charge >= 0.3 is 0 Å². The van der Waals surface area contributed by atoms with Crippen LogP contribution in [0.2, 0.25) is 0 Å². The molecular formula is C13H11N7. The summed E-state index contributed by atoms with van der Waals surface area (Å²) in [4.78, 5) is 4.02. The molecule has 1 heterocycles. The summed E-state index contributed by atoms with van der Waals surface area (Å²) in [5.41, 5.74) is 6.21. The van der Waals surface area contributed by atoms with Crippen LogP contribution >= 0.6 is 0 Å². The number of nitrogen functional groups attached to an aromatic ring is 2. The zero-order valence-corrected chi connectivity index (χ0v) is 10.4. The number of pyridine rings is 1. The lowest BCUT2D eigenvalue weighted by Crippen LogP contribution is -2.16. The largest absolute Gasteiger partial charge is 0.307 e. The van der Waals surface area contributed by atoms with Crippen molar-refractivity contribution in [3.8, 4) is 23.3 Å². The minimum absolute atomic E-state index is 0.151. The zero-order chi connectivity index (χ0) is 14.5. The van der Waals surface area contributed by atoms with Crippen molar-refractivity contribution in [3.05, 3.63) is 41.5 Å². The lowest BCUT2D eigenvalue weighted by Gasteiger charge is -2.13. The average molecular weight is 265 g/mol. The van der Waals surface area contributed by atoms with Crippen molar-refractivity contribution >= 4 is 11.6 Å². The summed E-state index contributed by atoms with van der Waals surface area (Å²) in [6.07, 6.45) is 0. The zero-order valence-electron chi connectivity index (χ0n) is 10.4. The maximum atomic E-state index is 9.33. The van der Waals surface area contributed by atoms with Gasteiger partial charge in [0.25, 0.3) is 0 Å². The Labute approximate surface area is 115 Å². The lowest BCUT2D eigenvalue weighted by molar-refractivity contribution is 1.17. The molecule has 0 bridgehead atoms. The highest BCUT2D eigenvalue weighted by Crippen LogP contribution is 2.34. The van der Waals surface area contributed by atoms with Gasteiger partial charge < -0.3 is 10.9 Å². The molecule has 7 nitrogen and oxygen atoms in total. The topological polar surface area (TPSA) is 137 Å². The number of nitriles is 2. The van der Waals surface area contributed by atoms with E-state index in [1.807, 2.05) is 30.3 Å². The van der Waals surface area contributed by atoms with Crippen molar-refractivity contribution < 1.29 is 0 Å². The van der Waals surface area contributed by atoms with Crippen molar-refractivity contribution in [2.24, 2.45) is 11.7 Å². The van der Waals surface area contributed by atoms with Gasteiger partial charge in [0.15, 0.2) is 11.6 Å². The van der Waals surface area contributed by atoms with Gasteiger partial charge in [0.05, 0.1) is 0 Å². The molecule has 0 atom stereocenters. The van der Waals surface area contributed by atoms with Crippen LogP contribution in [0.3, 0.4) is 0 Å². The molecular weight excluding hydrogens is 254 g/mol. The van der Waals surface area contributed by atoms with Gasteiger partial charge in [-0.3, -0.25) is 0 Å². The fourth-order valence-corrected chi connectivity index (χ4v) is 1.91. The highest BCUT2D eigenvalue weighted by molar-refractivity contribution is 5.85. The first-order valence-corrected chi connectivity index (χ1v) is 5.63. The Hall–Kier alpha value is -3.13. The summed E-state index contributed by atoms with van der Waals surface area (Å²) >= 11 is 0. The number of hydrogen-bond acceptors (Lipinski definition) is 7. The van der Waals surface area contributed by atoms with Gasteiger partial charge in [0.2, 0.25) is 0 Å². The molecule has 20 heavy (non-hydrogen) atoms. The summed E-state index contributed by atoms with van der Waals surface area (Å²) in [5.74, 6) is 11.0. The van der Waals surface area contributed by atoms with Crippen LogP contribution < -0.4 is 22.5 Å². The Morgan fingerprint density at radius 3 is 1.80 bits per heavy atom. The molecule has 0 unspecified atom stereocenters. The van der Waals surface area contributed by atoms with Crippen LogP contribution in [0.25, 0.3) is 11.1 Å². The van der Waals surface area contributed by atoms with Crippen molar-refractivity contribution in [1.82, 2.24) is 4.98 Å². The van der Waals surface area contributed by atoms with E-state index < -0.39 is 0 Å². The maximum Gasteiger partial charge on any atom is 0.161 e. The highest BCUT2D eigenvalue weighted by Gasteiger charge is 2.20. The minimum atomic E-state index is 0.151. The van der Waals surface area contributed by atoms with Crippen molar-refractivity contribution in [2.75, 3.05) is 10.9 Å². The summed E-state index contributed by atoms with van der Waals surface area (Å²) in [6, 6.07) is 13.1. The summed E-state index contributed by atoms with van der Waals surface area (Å²) in [5, 5.41) is 18.7. The summed E-state index contributed by atoms with van der Waals surface area (Å²) in [7, 11) is 0. The fraction of sp³-hybridized carbons (Fsp3) is 0. The lowest BCUT2D eigenvalue weighted by atomic mass is 9.96. The monoisotopic (exact) mass is 265 g/mol. The molecule has 0 aliphatic rings. The fourth-order valence-electron chi connectivity index (χ4n) is 1.91. The molecule has 0 fully saturated rings. The molecule has 7 heteroatoms. The number of anilines is 2. The third-order valence-electron chi connectivity index (χ3n) is 2.76. The Bertz CT molecular complexity index is 670. The number of rotatable bonds is 3. The van der Waals surface area contributed by atoms with Gasteiger partial charge in [-0.05, 0) is 5.56 Å². The SMILES string of the molecule is N#Cc1c(NN)nc(NN)c(C#N)c1-c1ccccc1. The first-order valence-electron chi connectivity index (χ1n) is 5.63. The quantitative estimate of drug-likeness (QED) is 0.481. The standard InChI is InChI=1S/C13H11N7/c14-6-9-11(8-4-2-1-3-5-8)10(7-15)13(20-17)18-12(9)19-16/h1-5H,16-17H2,(H2,18,19,20). The predicted octanol–water partition coefficient (Wildman–Crippen LogP) is 1.06. The molecule has 0 saturated carbocycles. The third-order valence-corrected chi connectivity index (χ3v) is 2.76. The van der Waals surface area contributed by atoms with Crippen molar-refractivity contribution in [3.63, 3.8) is 0 Å². The Morgan fingerprint density at radius 1 is 0.900 bits per heavy atom. The molecule has 1 aromatic heterocycles. The van der Waals surface area contributed by atoms with Gasteiger partial charge in [-0.25, -0.2) is 16.7 Å². The predicted molar refractivity (Wildman–Crippen MR) is 74.7 cm³/mol. The molecule has 0 saturated heterocycles. The van der Waals surface area contributed by atoms with E-state index in [1.54, 1.807) is 12.1 Å². The van der Waals surface area contributed by atoms with E-state index >= 15 is 0 Å². The first kappa shape index (κ1) is 13.3. The molecule has 0 spiro atoms. The molecule has 0 amide bonds.